The summed E-state index contributed by atoms with van der Waals surface area (Å²) in [4.78, 5) is 21.0. The van der Waals surface area contributed by atoms with Crippen LogP contribution >= 0.6 is 0 Å². The lowest BCUT2D eigenvalue weighted by Gasteiger charge is -2.43. The monoisotopic (exact) mass is 395 g/mol. The fourth-order valence-corrected chi connectivity index (χ4v) is 5.16. The van der Waals surface area contributed by atoms with Gasteiger partial charge in [0.2, 0.25) is 5.91 Å². The van der Waals surface area contributed by atoms with Gasteiger partial charge in [-0.15, -0.1) is 0 Å². The zero-order valence-corrected chi connectivity index (χ0v) is 16.1. The Balaban J connectivity index is 1.31. The number of likely N-dealkylation sites (tertiary alicyclic amines) is 1. The maximum Gasteiger partial charge on any atom is 0.417 e. The average Bonchev–Trinajstić information content (AvgIpc) is 2.72. The van der Waals surface area contributed by atoms with E-state index < -0.39 is 11.7 Å². The van der Waals surface area contributed by atoms with E-state index in [4.69, 9.17) is 0 Å². The van der Waals surface area contributed by atoms with Crippen LogP contribution < -0.4 is 4.90 Å². The van der Waals surface area contributed by atoms with Crippen LogP contribution in [0.25, 0.3) is 0 Å². The Bertz CT molecular complexity index is 683. The number of rotatable bonds is 2. The quantitative estimate of drug-likeness (QED) is 0.747. The topological polar surface area (TPSA) is 36.4 Å². The van der Waals surface area contributed by atoms with Crippen molar-refractivity contribution in [2.75, 3.05) is 31.1 Å². The molecule has 0 radical (unpaired) electrons. The van der Waals surface area contributed by atoms with Gasteiger partial charge in [-0.3, -0.25) is 4.79 Å². The number of nitrogens with zero attached hydrogens (tertiary/aromatic N) is 3. The van der Waals surface area contributed by atoms with E-state index in [1.54, 1.807) is 0 Å². The summed E-state index contributed by atoms with van der Waals surface area (Å²) in [5.74, 6) is 2.37. The van der Waals surface area contributed by atoms with Gasteiger partial charge in [0, 0.05) is 38.3 Å². The van der Waals surface area contributed by atoms with Crippen LogP contribution in [0.15, 0.2) is 18.3 Å². The lowest BCUT2D eigenvalue weighted by Crippen LogP contribution is -2.49. The minimum Gasteiger partial charge on any atom is -0.357 e. The van der Waals surface area contributed by atoms with Gasteiger partial charge in [-0.25, -0.2) is 4.98 Å². The molecule has 154 valence electrons. The summed E-state index contributed by atoms with van der Waals surface area (Å²) < 4.78 is 38.1. The summed E-state index contributed by atoms with van der Waals surface area (Å²) in [6.45, 7) is 3.13. The number of hydrogen-bond acceptors (Lipinski definition) is 3. The lowest BCUT2D eigenvalue weighted by molar-refractivity contribution is -0.139. The van der Waals surface area contributed by atoms with Crippen LogP contribution in [0.4, 0.5) is 19.0 Å². The molecule has 28 heavy (non-hydrogen) atoms. The van der Waals surface area contributed by atoms with Crippen molar-refractivity contribution >= 4 is 11.7 Å². The lowest BCUT2D eigenvalue weighted by atomic mass is 9.75. The highest BCUT2D eigenvalue weighted by Crippen LogP contribution is 2.37. The van der Waals surface area contributed by atoms with E-state index in [0.29, 0.717) is 24.8 Å². The standard InChI is InChI=1S/C21H28F3N3O/c22-21(23,24)18-5-6-19(25-13-18)26-10-8-16(9-11-26)20(28)27-12-7-15-3-1-2-4-17(15)14-27/h5-6,13,15-17H,1-4,7-12,14H2/t15-,17-/m1/s1. The Labute approximate surface area is 164 Å². The van der Waals surface area contributed by atoms with Gasteiger partial charge in [0.25, 0.3) is 0 Å². The Morgan fingerprint density at radius 2 is 1.68 bits per heavy atom. The predicted octanol–water partition coefficient (Wildman–Crippen LogP) is 4.36. The molecule has 0 N–H and O–H groups in total. The molecule has 2 aliphatic heterocycles. The Morgan fingerprint density at radius 1 is 0.964 bits per heavy atom. The summed E-state index contributed by atoms with van der Waals surface area (Å²) in [5, 5.41) is 0. The molecule has 2 saturated heterocycles. The molecule has 0 bridgehead atoms. The fourth-order valence-electron chi connectivity index (χ4n) is 5.16. The second kappa shape index (κ2) is 7.91. The van der Waals surface area contributed by atoms with Gasteiger partial charge in [0.1, 0.15) is 5.82 Å². The molecule has 1 saturated carbocycles. The Kier molecular flexibility index (Phi) is 5.52. The number of halogens is 3. The van der Waals surface area contributed by atoms with E-state index in [9.17, 15) is 18.0 Å². The number of carbonyl (C=O) groups excluding carboxylic acids is 1. The van der Waals surface area contributed by atoms with Gasteiger partial charge in [-0.2, -0.15) is 13.2 Å². The molecule has 1 aliphatic carbocycles. The molecule has 2 atom stereocenters. The average molecular weight is 395 g/mol. The van der Waals surface area contributed by atoms with Crippen LogP contribution in [0.1, 0.15) is 50.5 Å². The summed E-state index contributed by atoms with van der Waals surface area (Å²) in [5.41, 5.74) is -0.729. The van der Waals surface area contributed by atoms with Gasteiger partial charge < -0.3 is 9.80 Å². The molecule has 3 aliphatic rings. The Morgan fingerprint density at radius 3 is 2.32 bits per heavy atom. The number of carbonyl (C=O) groups is 1. The van der Waals surface area contributed by atoms with Crippen LogP contribution in [-0.4, -0.2) is 42.0 Å². The van der Waals surface area contributed by atoms with Gasteiger partial charge in [0.15, 0.2) is 0 Å². The molecule has 4 nitrogen and oxygen atoms in total. The first-order valence-electron chi connectivity index (χ1n) is 10.5. The molecule has 7 heteroatoms. The second-order valence-electron chi connectivity index (χ2n) is 8.54. The van der Waals surface area contributed by atoms with E-state index in [2.05, 4.69) is 9.88 Å². The van der Waals surface area contributed by atoms with Gasteiger partial charge in [-0.05, 0) is 49.7 Å². The molecule has 1 aromatic rings. The van der Waals surface area contributed by atoms with Crippen molar-refractivity contribution in [2.24, 2.45) is 17.8 Å². The molecule has 3 fully saturated rings. The SMILES string of the molecule is O=C(C1CCN(c2ccc(C(F)(F)F)cn2)CC1)N1CC[C@H]2CCCC[C@@H]2C1. The van der Waals surface area contributed by atoms with Crippen LogP contribution in [0.2, 0.25) is 0 Å². The van der Waals surface area contributed by atoms with Gasteiger partial charge in [0.05, 0.1) is 5.56 Å². The zero-order chi connectivity index (χ0) is 19.7. The molecule has 0 unspecified atom stereocenters. The maximum atomic E-state index is 13.0. The maximum absolute atomic E-state index is 13.0. The number of piperidine rings is 2. The third-order valence-corrected chi connectivity index (χ3v) is 6.85. The molecule has 1 amide bonds. The van der Waals surface area contributed by atoms with Crippen molar-refractivity contribution in [1.82, 2.24) is 9.88 Å². The second-order valence-corrected chi connectivity index (χ2v) is 8.54. The van der Waals surface area contributed by atoms with Crippen molar-refractivity contribution in [1.29, 1.82) is 0 Å². The van der Waals surface area contributed by atoms with Crippen LogP contribution in [0.5, 0.6) is 0 Å². The normalized spacial score (nSPS) is 26.8. The van der Waals surface area contributed by atoms with Crippen molar-refractivity contribution in [3.05, 3.63) is 23.9 Å². The molecular weight excluding hydrogens is 367 g/mol. The number of amides is 1. The smallest absolute Gasteiger partial charge is 0.357 e. The molecule has 1 aromatic heterocycles. The summed E-state index contributed by atoms with van der Waals surface area (Å²) >= 11 is 0. The van der Waals surface area contributed by atoms with E-state index in [0.717, 1.165) is 50.5 Å². The van der Waals surface area contributed by atoms with E-state index in [-0.39, 0.29) is 11.8 Å². The number of alkyl halides is 3. The van der Waals surface area contributed by atoms with Crippen LogP contribution in [0, 0.1) is 17.8 Å². The molecular formula is C21H28F3N3O. The van der Waals surface area contributed by atoms with Crippen molar-refractivity contribution < 1.29 is 18.0 Å². The third-order valence-electron chi connectivity index (χ3n) is 6.85. The highest BCUT2D eigenvalue weighted by atomic mass is 19.4. The number of hydrogen-bond donors (Lipinski definition) is 0. The van der Waals surface area contributed by atoms with Crippen molar-refractivity contribution in [2.45, 2.75) is 51.1 Å². The first-order valence-corrected chi connectivity index (χ1v) is 10.5. The van der Waals surface area contributed by atoms with Gasteiger partial charge in [-0.1, -0.05) is 19.3 Å². The third kappa shape index (κ3) is 4.13. The minimum atomic E-state index is -4.36. The highest BCUT2D eigenvalue weighted by molar-refractivity contribution is 5.79. The molecule has 0 spiro atoms. The van der Waals surface area contributed by atoms with E-state index in [1.165, 1.54) is 31.7 Å². The highest BCUT2D eigenvalue weighted by Gasteiger charge is 2.36. The van der Waals surface area contributed by atoms with Crippen LogP contribution in [-0.2, 0) is 11.0 Å². The zero-order valence-electron chi connectivity index (χ0n) is 16.1. The number of anilines is 1. The molecule has 0 aromatic carbocycles. The number of pyridine rings is 1. The summed E-state index contributed by atoms with van der Waals surface area (Å²) in [6, 6.07) is 2.51. The molecule has 3 heterocycles. The minimum absolute atomic E-state index is 0.0332. The first-order chi connectivity index (χ1) is 13.4. The number of aromatic nitrogens is 1. The summed E-state index contributed by atoms with van der Waals surface area (Å²) in [6.07, 6.45) is 4.37. The predicted molar refractivity (Wildman–Crippen MR) is 101 cm³/mol. The van der Waals surface area contributed by atoms with Gasteiger partial charge >= 0.3 is 6.18 Å². The fraction of sp³-hybridized carbons (Fsp3) is 0.714. The largest absolute Gasteiger partial charge is 0.417 e. The van der Waals surface area contributed by atoms with Crippen molar-refractivity contribution in [3.8, 4) is 0 Å². The number of fused-ring (bicyclic) bond motifs is 1. The van der Waals surface area contributed by atoms with E-state index in [1.807, 2.05) is 4.90 Å². The van der Waals surface area contributed by atoms with Crippen LogP contribution in [0.3, 0.4) is 0 Å². The molecule has 4 rings (SSSR count). The van der Waals surface area contributed by atoms with E-state index >= 15 is 0 Å². The first kappa shape index (κ1) is 19.5. The Hall–Kier alpha value is -1.79. The van der Waals surface area contributed by atoms with Crippen molar-refractivity contribution in [3.63, 3.8) is 0 Å². The summed E-state index contributed by atoms with van der Waals surface area (Å²) in [7, 11) is 0.